The van der Waals surface area contributed by atoms with Gasteiger partial charge < -0.3 is 19.5 Å². The highest BCUT2D eigenvalue weighted by Crippen LogP contribution is 2.17. The van der Waals surface area contributed by atoms with Gasteiger partial charge in [0.2, 0.25) is 0 Å². The number of hydrogen-bond donors (Lipinski definition) is 1. The minimum Gasteiger partial charge on any atom is -0.465 e. The molecule has 1 amide bonds. The summed E-state index contributed by atoms with van der Waals surface area (Å²) in [5, 5.41) is 8.98. The van der Waals surface area contributed by atoms with Crippen LogP contribution in [0.4, 0.5) is 4.79 Å². The number of ether oxygens (including phenoxy) is 2. The molecule has 0 saturated carbocycles. The van der Waals surface area contributed by atoms with Crippen LogP contribution in [0.25, 0.3) is 0 Å². The maximum atomic E-state index is 11.0. The molecule has 6 heteroatoms. The molecule has 0 radical (unpaired) electrons. The number of hydrogen-bond acceptors (Lipinski definition) is 4. The maximum absolute atomic E-state index is 11.0. The van der Waals surface area contributed by atoms with Crippen LogP contribution in [0.2, 0.25) is 0 Å². The Morgan fingerprint density at radius 2 is 2.18 bits per heavy atom. The fourth-order valence-corrected chi connectivity index (χ4v) is 1.91. The summed E-state index contributed by atoms with van der Waals surface area (Å²) in [6.07, 6.45) is 1.75. The molecule has 0 aromatic carbocycles. The van der Waals surface area contributed by atoms with Crippen LogP contribution in [0.5, 0.6) is 0 Å². The van der Waals surface area contributed by atoms with Gasteiger partial charge in [-0.05, 0) is 26.2 Å². The van der Waals surface area contributed by atoms with Crippen molar-refractivity contribution in [2.75, 3.05) is 26.4 Å². The summed E-state index contributed by atoms with van der Waals surface area (Å²) in [6, 6.07) is -0.143. The predicted molar refractivity (Wildman–Crippen MR) is 59.8 cm³/mol. The van der Waals surface area contributed by atoms with Crippen molar-refractivity contribution in [2.45, 2.75) is 32.2 Å². The lowest BCUT2D eigenvalue weighted by Crippen LogP contribution is -2.45. The van der Waals surface area contributed by atoms with E-state index in [1.54, 1.807) is 6.92 Å². The molecule has 17 heavy (non-hydrogen) atoms. The topological polar surface area (TPSA) is 76.1 Å². The van der Waals surface area contributed by atoms with Gasteiger partial charge in [-0.2, -0.15) is 0 Å². The van der Waals surface area contributed by atoms with E-state index < -0.39 is 12.1 Å². The van der Waals surface area contributed by atoms with E-state index in [0.717, 1.165) is 19.3 Å². The first-order valence-corrected chi connectivity index (χ1v) is 5.88. The van der Waals surface area contributed by atoms with Gasteiger partial charge in [-0.1, -0.05) is 0 Å². The SMILES string of the molecule is CCOC(=O)COCC1CCCCN1C(=O)O. The van der Waals surface area contributed by atoms with Crippen molar-refractivity contribution in [3.8, 4) is 0 Å². The predicted octanol–water partition coefficient (Wildman–Crippen LogP) is 1.10. The molecule has 6 nitrogen and oxygen atoms in total. The van der Waals surface area contributed by atoms with Gasteiger partial charge in [0, 0.05) is 6.54 Å². The number of nitrogens with zero attached hydrogens (tertiary/aromatic N) is 1. The first kappa shape index (κ1) is 13.8. The fraction of sp³-hybridized carbons (Fsp3) is 0.818. The summed E-state index contributed by atoms with van der Waals surface area (Å²) in [5.41, 5.74) is 0. The Kier molecular flexibility index (Phi) is 5.76. The second kappa shape index (κ2) is 7.11. The highest BCUT2D eigenvalue weighted by Gasteiger charge is 2.26. The van der Waals surface area contributed by atoms with Crippen LogP contribution in [0.15, 0.2) is 0 Å². The van der Waals surface area contributed by atoms with E-state index in [0.29, 0.717) is 13.2 Å². The Hall–Kier alpha value is -1.30. The van der Waals surface area contributed by atoms with Crippen molar-refractivity contribution >= 4 is 12.1 Å². The fourth-order valence-electron chi connectivity index (χ4n) is 1.91. The molecule has 0 aromatic heterocycles. The van der Waals surface area contributed by atoms with Crippen LogP contribution >= 0.6 is 0 Å². The molecular weight excluding hydrogens is 226 g/mol. The zero-order valence-electron chi connectivity index (χ0n) is 10.1. The number of carboxylic acid groups (broad SMARTS) is 1. The molecule has 1 saturated heterocycles. The number of amides is 1. The second-order valence-electron chi connectivity index (χ2n) is 3.95. The van der Waals surface area contributed by atoms with Crippen LogP contribution in [-0.2, 0) is 14.3 Å². The zero-order chi connectivity index (χ0) is 12.7. The third kappa shape index (κ3) is 4.60. The van der Waals surface area contributed by atoms with E-state index in [1.165, 1.54) is 4.90 Å². The molecule has 1 atom stereocenters. The van der Waals surface area contributed by atoms with E-state index in [2.05, 4.69) is 0 Å². The minimum atomic E-state index is -0.922. The van der Waals surface area contributed by atoms with E-state index >= 15 is 0 Å². The molecule has 1 heterocycles. The molecule has 0 bridgehead atoms. The van der Waals surface area contributed by atoms with Gasteiger partial charge in [-0.15, -0.1) is 0 Å². The molecule has 0 aromatic rings. The van der Waals surface area contributed by atoms with Crippen molar-refractivity contribution in [2.24, 2.45) is 0 Å². The Labute approximate surface area is 100 Å². The maximum Gasteiger partial charge on any atom is 0.407 e. The first-order chi connectivity index (χ1) is 8.15. The lowest BCUT2D eigenvalue weighted by atomic mass is 10.0. The van der Waals surface area contributed by atoms with Crippen molar-refractivity contribution in [1.82, 2.24) is 4.90 Å². The monoisotopic (exact) mass is 245 g/mol. The lowest BCUT2D eigenvalue weighted by Gasteiger charge is -2.33. The highest BCUT2D eigenvalue weighted by atomic mass is 16.6. The van der Waals surface area contributed by atoms with Crippen LogP contribution in [0, 0.1) is 0 Å². The van der Waals surface area contributed by atoms with E-state index in [9.17, 15) is 9.59 Å². The molecule has 1 rings (SSSR count). The smallest absolute Gasteiger partial charge is 0.407 e. The summed E-state index contributed by atoms with van der Waals surface area (Å²) >= 11 is 0. The Bertz CT molecular complexity index is 269. The standard InChI is InChI=1S/C11H19NO5/c1-2-17-10(13)8-16-7-9-5-3-4-6-12(9)11(14)15/h9H,2-8H2,1H3,(H,14,15). The summed E-state index contributed by atoms with van der Waals surface area (Å²) in [5.74, 6) is -0.412. The Morgan fingerprint density at radius 3 is 2.82 bits per heavy atom. The number of likely N-dealkylation sites (tertiary alicyclic amines) is 1. The molecule has 1 aliphatic heterocycles. The molecular formula is C11H19NO5. The van der Waals surface area contributed by atoms with Crippen LogP contribution in [-0.4, -0.2) is 54.5 Å². The molecule has 0 aliphatic carbocycles. The number of esters is 1. The number of carbonyl (C=O) groups is 2. The molecule has 98 valence electrons. The van der Waals surface area contributed by atoms with Crippen molar-refractivity contribution in [3.05, 3.63) is 0 Å². The van der Waals surface area contributed by atoms with Gasteiger partial charge >= 0.3 is 12.1 Å². The van der Waals surface area contributed by atoms with Gasteiger partial charge in [0.05, 0.1) is 19.3 Å². The molecule has 1 aliphatic rings. The minimum absolute atomic E-state index is 0.113. The van der Waals surface area contributed by atoms with Crippen LogP contribution < -0.4 is 0 Å². The molecule has 1 unspecified atom stereocenters. The lowest BCUT2D eigenvalue weighted by molar-refractivity contribution is -0.149. The third-order valence-electron chi connectivity index (χ3n) is 2.71. The quantitative estimate of drug-likeness (QED) is 0.734. The van der Waals surface area contributed by atoms with Gasteiger partial charge in [0.25, 0.3) is 0 Å². The summed E-state index contributed by atoms with van der Waals surface area (Å²) < 4.78 is 9.90. The van der Waals surface area contributed by atoms with E-state index in [1.807, 2.05) is 0 Å². The zero-order valence-corrected chi connectivity index (χ0v) is 10.1. The number of rotatable bonds is 5. The van der Waals surface area contributed by atoms with Crippen molar-refractivity contribution < 1.29 is 24.2 Å². The van der Waals surface area contributed by atoms with Crippen LogP contribution in [0.1, 0.15) is 26.2 Å². The van der Waals surface area contributed by atoms with Crippen LogP contribution in [0.3, 0.4) is 0 Å². The summed E-state index contributed by atoms with van der Waals surface area (Å²) in [6.45, 7) is 2.74. The molecule has 0 spiro atoms. The van der Waals surface area contributed by atoms with Gasteiger partial charge in [0.15, 0.2) is 0 Å². The first-order valence-electron chi connectivity index (χ1n) is 5.88. The molecule has 1 N–H and O–H groups in total. The highest BCUT2D eigenvalue weighted by molar-refractivity contribution is 5.70. The summed E-state index contributed by atoms with van der Waals surface area (Å²) in [7, 11) is 0. The average molecular weight is 245 g/mol. The Morgan fingerprint density at radius 1 is 1.41 bits per heavy atom. The summed E-state index contributed by atoms with van der Waals surface area (Å²) in [4.78, 5) is 23.3. The number of carbonyl (C=O) groups excluding carboxylic acids is 1. The molecule has 1 fully saturated rings. The van der Waals surface area contributed by atoms with E-state index in [4.69, 9.17) is 14.6 Å². The van der Waals surface area contributed by atoms with Gasteiger partial charge in [-0.3, -0.25) is 0 Å². The second-order valence-corrected chi connectivity index (χ2v) is 3.95. The average Bonchev–Trinajstić information content (AvgIpc) is 2.30. The van der Waals surface area contributed by atoms with Gasteiger partial charge in [0.1, 0.15) is 6.61 Å². The van der Waals surface area contributed by atoms with Crippen molar-refractivity contribution in [3.63, 3.8) is 0 Å². The van der Waals surface area contributed by atoms with Gasteiger partial charge in [-0.25, -0.2) is 9.59 Å². The largest absolute Gasteiger partial charge is 0.465 e. The number of piperidine rings is 1. The van der Waals surface area contributed by atoms with Crippen molar-refractivity contribution in [1.29, 1.82) is 0 Å². The Balaban J connectivity index is 2.28. The normalized spacial score (nSPS) is 20.1. The third-order valence-corrected chi connectivity index (χ3v) is 2.71. The van der Waals surface area contributed by atoms with E-state index in [-0.39, 0.29) is 19.3 Å².